The molecule has 1 aromatic heterocycles. The Bertz CT molecular complexity index is 1050. The van der Waals surface area contributed by atoms with E-state index >= 15 is 0 Å². The fourth-order valence-electron chi connectivity index (χ4n) is 3.69. The molecule has 0 spiro atoms. The van der Waals surface area contributed by atoms with Gasteiger partial charge in [0.2, 0.25) is 5.91 Å². The minimum Gasteiger partial charge on any atom is -0.465 e. The Morgan fingerprint density at radius 3 is 2.75 bits per heavy atom. The largest absolute Gasteiger partial charge is 0.465 e. The summed E-state index contributed by atoms with van der Waals surface area (Å²) in [7, 11) is 0. The zero-order chi connectivity index (χ0) is 19.7. The van der Waals surface area contributed by atoms with Crippen LogP contribution in [0.4, 0.5) is 10.1 Å². The maximum Gasteiger partial charge on any atom is 0.326 e. The van der Waals surface area contributed by atoms with Crippen LogP contribution >= 0.6 is 0 Å². The minimum absolute atomic E-state index is 0.0219. The van der Waals surface area contributed by atoms with Crippen molar-refractivity contribution < 1.29 is 18.7 Å². The summed E-state index contributed by atoms with van der Waals surface area (Å²) in [6.45, 7) is 2.39. The van der Waals surface area contributed by atoms with E-state index < -0.39 is 5.82 Å². The molecule has 1 saturated heterocycles. The molecular weight excluding hydrogens is 361 g/mol. The highest BCUT2D eigenvalue weighted by atomic mass is 19.1. The van der Waals surface area contributed by atoms with Crippen molar-refractivity contribution in [2.45, 2.75) is 25.8 Å². The number of imidazole rings is 1. The van der Waals surface area contributed by atoms with E-state index in [2.05, 4.69) is 4.98 Å². The van der Waals surface area contributed by atoms with Crippen molar-refractivity contribution in [1.82, 2.24) is 9.55 Å². The van der Waals surface area contributed by atoms with Crippen LogP contribution in [0.15, 0.2) is 48.5 Å². The summed E-state index contributed by atoms with van der Waals surface area (Å²) in [6.07, 6.45) is 0.209. The molecule has 1 fully saturated rings. The first-order chi connectivity index (χ1) is 13.6. The third kappa shape index (κ3) is 3.24. The second-order valence-electron chi connectivity index (χ2n) is 6.71. The van der Waals surface area contributed by atoms with E-state index in [1.165, 1.54) is 11.0 Å². The highest BCUT2D eigenvalue weighted by Crippen LogP contribution is 2.34. The smallest absolute Gasteiger partial charge is 0.326 e. The van der Waals surface area contributed by atoms with Crippen LogP contribution in [0.2, 0.25) is 0 Å². The number of hydrogen-bond donors (Lipinski definition) is 0. The Hall–Kier alpha value is -3.22. The van der Waals surface area contributed by atoms with Crippen LogP contribution in [0.1, 0.15) is 25.1 Å². The number of rotatable bonds is 5. The van der Waals surface area contributed by atoms with E-state index in [9.17, 15) is 14.0 Å². The molecule has 2 heterocycles. The van der Waals surface area contributed by atoms with Gasteiger partial charge in [-0.3, -0.25) is 9.59 Å². The van der Waals surface area contributed by atoms with Crippen molar-refractivity contribution in [3.8, 4) is 0 Å². The van der Waals surface area contributed by atoms with E-state index in [1.54, 1.807) is 29.7 Å². The normalized spacial score (nSPS) is 16.7. The topological polar surface area (TPSA) is 64.4 Å². The van der Waals surface area contributed by atoms with Crippen LogP contribution in [-0.2, 0) is 20.9 Å². The molecule has 0 radical (unpaired) electrons. The average molecular weight is 381 g/mol. The summed E-state index contributed by atoms with van der Waals surface area (Å²) >= 11 is 0. The standard InChI is InChI=1S/C21H20FN3O3/c1-2-28-20(27)13-25-18-10-6-4-8-16(18)23-21(25)14-11-19(26)24(12-14)17-9-5-3-7-15(17)22/h3-10,14H,2,11-13H2,1H3/t14-/m0/s1. The number of esters is 1. The first kappa shape index (κ1) is 18.2. The molecule has 1 aliphatic heterocycles. The summed E-state index contributed by atoms with van der Waals surface area (Å²) in [5, 5.41) is 0. The molecule has 2 aromatic carbocycles. The summed E-state index contributed by atoms with van der Waals surface area (Å²) < 4.78 is 21.1. The SMILES string of the molecule is CCOC(=O)Cn1c([C@H]2CC(=O)N(c3ccccc3F)C2)nc2ccccc21. The lowest BCUT2D eigenvalue weighted by molar-refractivity contribution is -0.143. The Kier molecular flexibility index (Phi) is 4.81. The molecule has 0 unspecified atom stereocenters. The first-order valence-corrected chi connectivity index (χ1v) is 9.24. The van der Waals surface area contributed by atoms with Crippen molar-refractivity contribution >= 4 is 28.6 Å². The van der Waals surface area contributed by atoms with Gasteiger partial charge in [0.25, 0.3) is 0 Å². The second kappa shape index (κ2) is 7.42. The van der Waals surface area contributed by atoms with Crippen molar-refractivity contribution in [3.63, 3.8) is 0 Å². The van der Waals surface area contributed by atoms with Gasteiger partial charge in [0.05, 0.1) is 23.3 Å². The Labute approximate surface area is 161 Å². The molecule has 6 nitrogen and oxygen atoms in total. The second-order valence-corrected chi connectivity index (χ2v) is 6.71. The first-order valence-electron chi connectivity index (χ1n) is 9.24. The van der Waals surface area contributed by atoms with Gasteiger partial charge in [0, 0.05) is 18.9 Å². The highest BCUT2D eigenvalue weighted by Gasteiger charge is 2.36. The highest BCUT2D eigenvalue weighted by molar-refractivity contribution is 5.96. The fourth-order valence-corrected chi connectivity index (χ4v) is 3.69. The molecule has 1 atom stereocenters. The number of amides is 1. The molecule has 28 heavy (non-hydrogen) atoms. The van der Waals surface area contributed by atoms with Crippen molar-refractivity contribution in [1.29, 1.82) is 0 Å². The summed E-state index contributed by atoms with van der Waals surface area (Å²) in [5.41, 5.74) is 1.82. The maximum absolute atomic E-state index is 14.2. The van der Waals surface area contributed by atoms with Gasteiger partial charge in [-0.1, -0.05) is 24.3 Å². The average Bonchev–Trinajstić information content (AvgIpc) is 3.23. The van der Waals surface area contributed by atoms with Gasteiger partial charge < -0.3 is 14.2 Å². The lowest BCUT2D eigenvalue weighted by Gasteiger charge is -2.17. The molecular formula is C21H20FN3O3. The monoisotopic (exact) mass is 381 g/mol. The molecule has 4 rings (SSSR count). The summed E-state index contributed by atoms with van der Waals surface area (Å²) in [6, 6.07) is 13.7. The van der Waals surface area contributed by atoms with Crippen molar-refractivity contribution in [2.24, 2.45) is 0 Å². The molecule has 0 aliphatic carbocycles. The van der Waals surface area contributed by atoms with Gasteiger partial charge >= 0.3 is 5.97 Å². The van der Waals surface area contributed by atoms with E-state index in [4.69, 9.17) is 4.74 Å². The third-order valence-electron chi connectivity index (χ3n) is 4.91. The van der Waals surface area contributed by atoms with Gasteiger partial charge in [-0.2, -0.15) is 0 Å². The van der Waals surface area contributed by atoms with Gasteiger partial charge in [-0.15, -0.1) is 0 Å². The van der Waals surface area contributed by atoms with Crippen LogP contribution in [-0.4, -0.2) is 34.6 Å². The Morgan fingerprint density at radius 1 is 1.21 bits per heavy atom. The molecule has 0 bridgehead atoms. The van der Waals surface area contributed by atoms with Gasteiger partial charge in [0.1, 0.15) is 18.2 Å². The third-order valence-corrected chi connectivity index (χ3v) is 4.91. The molecule has 0 N–H and O–H groups in total. The lowest BCUT2D eigenvalue weighted by atomic mass is 10.1. The molecule has 1 amide bonds. The zero-order valence-corrected chi connectivity index (χ0v) is 15.5. The lowest BCUT2D eigenvalue weighted by Crippen LogP contribution is -2.25. The van der Waals surface area contributed by atoms with E-state index in [0.717, 1.165) is 11.0 Å². The summed E-state index contributed by atoms with van der Waals surface area (Å²) in [5.74, 6) is -0.557. The van der Waals surface area contributed by atoms with Gasteiger partial charge in [-0.05, 0) is 31.2 Å². The summed E-state index contributed by atoms with van der Waals surface area (Å²) in [4.78, 5) is 30.8. The predicted octanol–water partition coefficient (Wildman–Crippen LogP) is 3.26. The Balaban J connectivity index is 1.70. The van der Waals surface area contributed by atoms with Crippen molar-refractivity contribution in [2.75, 3.05) is 18.1 Å². The molecule has 144 valence electrons. The molecule has 0 saturated carbocycles. The number of ether oxygens (including phenoxy) is 1. The van der Waals surface area contributed by atoms with Crippen LogP contribution < -0.4 is 4.90 Å². The number of hydrogen-bond acceptors (Lipinski definition) is 4. The number of carbonyl (C=O) groups is 2. The fraction of sp³-hybridized carbons (Fsp3) is 0.286. The number of aromatic nitrogens is 2. The number of carbonyl (C=O) groups excluding carboxylic acids is 2. The van der Waals surface area contributed by atoms with Gasteiger partial charge in [-0.25, -0.2) is 9.37 Å². The Morgan fingerprint density at radius 2 is 1.96 bits per heavy atom. The van der Waals surface area contributed by atoms with E-state index in [1.807, 2.05) is 24.3 Å². The van der Waals surface area contributed by atoms with Crippen LogP contribution in [0.25, 0.3) is 11.0 Å². The van der Waals surface area contributed by atoms with Crippen LogP contribution in [0.5, 0.6) is 0 Å². The van der Waals surface area contributed by atoms with Crippen molar-refractivity contribution in [3.05, 3.63) is 60.2 Å². The number of benzene rings is 2. The molecule has 1 aliphatic rings. The quantitative estimate of drug-likeness (QED) is 0.637. The zero-order valence-electron chi connectivity index (χ0n) is 15.5. The number of fused-ring (bicyclic) bond motifs is 1. The van der Waals surface area contributed by atoms with Crippen LogP contribution in [0, 0.1) is 5.82 Å². The maximum atomic E-state index is 14.2. The number of halogens is 1. The molecule has 7 heteroatoms. The van der Waals surface area contributed by atoms with E-state index in [-0.39, 0.29) is 36.4 Å². The van der Waals surface area contributed by atoms with Crippen LogP contribution in [0.3, 0.4) is 0 Å². The molecule has 3 aromatic rings. The minimum atomic E-state index is -0.434. The number of nitrogens with zero attached hydrogens (tertiary/aromatic N) is 3. The van der Waals surface area contributed by atoms with E-state index in [0.29, 0.717) is 19.0 Å². The number of anilines is 1. The number of para-hydroxylation sites is 3. The van der Waals surface area contributed by atoms with Gasteiger partial charge in [0.15, 0.2) is 0 Å². The predicted molar refractivity (Wildman–Crippen MR) is 102 cm³/mol.